The lowest BCUT2D eigenvalue weighted by Crippen LogP contribution is -2.17. The lowest BCUT2D eigenvalue weighted by Gasteiger charge is -2.09. The van der Waals surface area contributed by atoms with E-state index in [1.807, 2.05) is 25.1 Å². The maximum absolute atomic E-state index is 6.21. The monoisotopic (exact) mass is 307 g/mol. The summed E-state index contributed by atoms with van der Waals surface area (Å²) in [5, 5.41) is 4.48. The summed E-state index contributed by atoms with van der Waals surface area (Å²) >= 11 is 6.21. The zero-order valence-corrected chi connectivity index (χ0v) is 12.6. The van der Waals surface area contributed by atoms with Crippen LogP contribution in [0.3, 0.4) is 0 Å². The number of ether oxygens (including phenoxy) is 1. The lowest BCUT2D eigenvalue weighted by atomic mass is 10.1. The standard InChI is InChI=1S/C15H18ClN3O2/c1-9(17)6-10-2-5-13(12(16)7-10)20-8-14-18-15(21-19-14)11-3-4-11/h2,5,7,9,11H,3-4,6,8,17H2,1H3. The van der Waals surface area contributed by atoms with Gasteiger partial charge in [0.1, 0.15) is 5.75 Å². The highest BCUT2D eigenvalue weighted by molar-refractivity contribution is 6.32. The molecule has 0 amide bonds. The molecule has 0 saturated heterocycles. The summed E-state index contributed by atoms with van der Waals surface area (Å²) in [6.07, 6.45) is 3.06. The van der Waals surface area contributed by atoms with Crippen molar-refractivity contribution in [1.82, 2.24) is 10.1 Å². The van der Waals surface area contributed by atoms with Crippen LogP contribution >= 0.6 is 11.6 Å². The van der Waals surface area contributed by atoms with Gasteiger partial charge in [0.25, 0.3) is 0 Å². The normalized spacial score (nSPS) is 16.0. The van der Waals surface area contributed by atoms with E-state index < -0.39 is 0 Å². The van der Waals surface area contributed by atoms with Crippen molar-refractivity contribution in [3.63, 3.8) is 0 Å². The van der Waals surface area contributed by atoms with Crippen molar-refractivity contribution in [3.8, 4) is 5.75 Å². The predicted molar refractivity (Wildman–Crippen MR) is 79.4 cm³/mol. The highest BCUT2D eigenvalue weighted by atomic mass is 35.5. The van der Waals surface area contributed by atoms with Crippen molar-refractivity contribution in [1.29, 1.82) is 0 Å². The molecule has 5 nitrogen and oxygen atoms in total. The van der Waals surface area contributed by atoms with Crippen LogP contribution < -0.4 is 10.5 Å². The Labute approximate surface area is 128 Å². The molecule has 3 rings (SSSR count). The Morgan fingerprint density at radius 1 is 1.48 bits per heavy atom. The van der Waals surface area contributed by atoms with E-state index in [1.165, 1.54) is 0 Å². The number of nitrogens with two attached hydrogens (primary N) is 1. The van der Waals surface area contributed by atoms with Gasteiger partial charge in [0.2, 0.25) is 11.7 Å². The zero-order chi connectivity index (χ0) is 14.8. The summed E-state index contributed by atoms with van der Waals surface area (Å²) in [6, 6.07) is 5.80. The third kappa shape index (κ3) is 3.74. The maximum atomic E-state index is 6.21. The predicted octanol–water partition coefficient (Wildman–Crippen LogP) is 3.07. The second-order valence-corrected chi connectivity index (χ2v) is 5.97. The van der Waals surface area contributed by atoms with Gasteiger partial charge in [-0.25, -0.2) is 0 Å². The van der Waals surface area contributed by atoms with Crippen molar-refractivity contribution >= 4 is 11.6 Å². The Bertz CT molecular complexity index is 623. The summed E-state index contributed by atoms with van der Waals surface area (Å²) in [6.45, 7) is 2.22. The van der Waals surface area contributed by atoms with Gasteiger partial charge in [-0.15, -0.1) is 0 Å². The number of aromatic nitrogens is 2. The van der Waals surface area contributed by atoms with Crippen molar-refractivity contribution < 1.29 is 9.26 Å². The molecular formula is C15H18ClN3O2. The Kier molecular flexibility index (Phi) is 4.12. The fourth-order valence-electron chi connectivity index (χ4n) is 2.12. The van der Waals surface area contributed by atoms with E-state index in [0.717, 1.165) is 24.8 Å². The number of rotatable bonds is 6. The molecule has 2 N–H and O–H groups in total. The van der Waals surface area contributed by atoms with Crippen LogP contribution in [0.5, 0.6) is 5.75 Å². The summed E-state index contributed by atoms with van der Waals surface area (Å²) < 4.78 is 10.8. The molecule has 21 heavy (non-hydrogen) atoms. The minimum Gasteiger partial charge on any atom is -0.484 e. The fourth-order valence-corrected chi connectivity index (χ4v) is 2.38. The first-order valence-electron chi connectivity index (χ1n) is 7.11. The lowest BCUT2D eigenvalue weighted by molar-refractivity contribution is 0.285. The van der Waals surface area contributed by atoms with Gasteiger partial charge in [-0.2, -0.15) is 4.98 Å². The zero-order valence-electron chi connectivity index (χ0n) is 11.9. The van der Waals surface area contributed by atoms with Crippen LogP contribution in [0.2, 0.25) is 5.02 Å². The molecule has 1 aliphatic rings. The second-order valence-electron chi connectivity index (χ2n) is 5.56. The Morgan fingerprint density at radius 2 is 2.29 bits per heavy atom. The van der Waals surface area contributed by atoms with Crippen LogP contribution in [-0.4, -0.2) is 16.2 Å². The average molecular weight is 308 g/mol. The molecule has 2 aromatic rings. The van der Waals surface area contributed by atoms with Crippen LogP contribution in [0.4, 0.5) is 0 Å². The van der Waals surface area contributed by atoms with E-state index in [-0.39, 0.29) is 12.6 Å². The molecule has 1 unspecified atom stereocenters. The molecule has 0 aliphatic heterocycles. The Morgan fingerprint density at radius 3 is 2.95 bits per heavy atom. The third-order valence-corrected chi connectivity index (χ3v) is 3.62. The first-order chi connectivity index (χ1) is 10.1. The topological polar surface area (TPSA) is 74.2 Å². The summed E-state index contributed by atoms with van der Waals surface area (Å²) in [5.41, 5.74) is 6.87. The quantitative estimate of drug-likeness (QED) is 0.887. The second kappa shape index (κ2) is 6.03. The maximum Gasteiger partial charge on any atom is 0.229 e. The highest BCUT2D eigenvalue weighted by Gasteiger charge is 2.29. The van der Waals surface area contributed by atoms with Crippen molar-refractivity contribution in [2.45, 2.75) is 44.8 Å². The SMILES string of the molecule is CC(N)Cc1ccc(OCc2noc(C3CC3)n2)c(Cl)c1. The van der Waals surface area contributed by atoms with Crippen LogP contribution in [0.25, 0.3) is 0 Å². The largest absolute Gasteiger partial charge is 0.484 e. The number of halogens is 1. The molecular weight excluding hydrogens is 290 g/mol. The molecule has 1 saturated carbocycles. The molecule has 0 bridgehead atoms. The minimum absolute atomic E-state index is 0.105. The van der Waals surface area contributed by atoms with Gasteiger partial charge in [-0.05, 0) is 43.9 Å². The van der Waals surface area contributed by atoms with Crippen molar-refractivity contribution in [2.24, 2.45) is 5.73 Å². The van der Waals surface area contributed by atoms with Crippen LogP contribution in [0, 0.1) is 0 Å². The molecule has 112 valence electrons. The van der Waals surface area contributed by atoms with Gasteiger partial charge < -0.3 is 15.0 Å². The highest BCUT2D eigenvalue weighted by Crippen LogP contribution is 2.38. The molecule has 1 aromatic heterocycles. The molecule has 1 fully saturated rings. The van der Waals surface area contributed by atoms with Gasteiger partial charge in [-0.1, -0.05) is 22.8 Å². The van der Waals surface area contributed by atoms with Gasteiger partial charge in [0.05, 0.1) is 5.02 Å². The van der Waals surface area contributed by atoms with Crippen LogP contribution in [0.1, 0.15) is 43.0 Å². The number of nitrogens with zero attached hydrogens (tertiary/aromatic N) is 2. The number of hydrogen-bond acceptors (Lipinski definition) is 5. The van der Waals surface area contributed by atoms with Gasteiger partial charge in [-0.3, -0.25) is 0 Å². The van der Waals surface area contributed by atoms with E-state index in [0.29, 0.717) is 28.4 Å². The van der Waals surface area contributed by atoms with Gasteiger partial charge >= 0.3 is 0 Å². The molecule has 1 aromatic carbocycles. The van der Waals surface area contributed by atoms with E-state index >= 15 is 0 Å². The average Bonchev–Trinajstić information content (AvgIpc) is 3.17. The van der Waals surface area contributed by atoms with E-state index in [9.17, 15) is 0 Å². The molecule has 6 heteroatoms. The van der Waals surface area contributed by atoms with Crippen molar-refractivity contribution in [3.05, 3.63) is 40.5 Å². The van der Waals surface area contributed by atoms with Gasteiger partial charge in [0, 0.05) is 12.0 Å². The minimum atomic E-state index is 0.105. The number of benzene rings is 1. The molecule has 1 heterocycles. The molecule has 1 atom stereocenters. The molecule has 1 aliphatic carbocycles. The van der Waals surface area contributed by atoms with E-state index in [2.05, 4.69) is 10.1 Å². The molecule has 0 radical (unpaired) electrons. The smallest absolute Gasteiger partial charge is 0.229 e. The van der Waals surface area contributed by atoms with Crippen molar-refractivity contribution in [2.75, 3.05) is 0 Å². The first-order valence-corrected chi connectivity index (χ1v) is 7.49. The summed E-state index contributed by atoms with van der Waals surface area (Å²) in [5.74, 6) is 2.33. The fraction of sp³-hybridized carbons (Fsp3) is 0.467. The van der Waals surface area contributed by atoms with Gasteiger partial charge in [0.15, 0.2) is 6.61 Å². The number of hydrogen-bond donors (Lipinski definition) is 1. The Hall–Kier alpha value is -1.59. The first kappa shape index (κ1) is 14.4. The summed E-state index contributed by atoms with van der Waals surface area (Å²) in [7, 11) is 0. The van der Waals surface area contributed by atoms with E-state index in [1.54, 1.807) is 0 Å². The van der Waals surface area contributed by atoms with Crippen LogP contribution in [0.15, 0.2) is 22.7 Å². The Balaban J connectivity index is 1.61. The van der Waals surface area contributed by atoms with E-state index in [4.69, 9.17) is 26.6 Å². The summed E-state index contributed by atoms with van der Waals surface area (Å²) in [4.78, 5) is 4.31. The third-order valence-electron chi connectivity index (χ3n) is 3.32. The van der Waals surface area contributed by atoms with Crippen LogP contribution in [-0.2, 0) is 13.0 Å². The molecule has 0 spiro atoms.